The number of benzene rings is 1. The summed E-state index contributed by atoms with van der Waals surface area (Å²) in [7, 11) is 1.64. The fourth-order valence-electron chi connectivity index (χ4n) is 2.47. The number of nitrogens with zero attached hydrogens (tertiary/aromatic N) is 2. The molecule has 25 heavy (non-hydrogen) atoms. The molecule has 0 bridgehead atoms. The molecule has 128 valence electrons. The number of hydrogen-bond donors (Lipinski definition) is 2. The van der Waals surface area contributed by atoms with Crippen molar-refractivity contribution in [1.82, 2.24) is 15.3 Å². The molecule has 0 saturated carbocycles. The van der Waals surface area contributed by atoms with Gasteiger partial charge in [0.15, 0.2) is 0 Å². The molecule has 3 rings (SSSR count). The largest absolute Gasteiger partial charge is 0.385 e. The predicted octanol–water partition coefficient (Wildman–Crippen LogP) is 3.14. The number of pyridine rings is 2. The second-order valence-electron chi connectivity index (χ2n) is 5.54. The van der Waals surface area contributed by atoms with Crippen molar-refractivity contribution < 1.29 is 9.53 Å². The van der Waals surface area contributed by atoms with Crippen LogP contribution in [0.25, 0.3) is 10.9 Å². The molecule has 0 fully saturated rings. The summed E-state index contributed by atoms with van der Waals surface area (Å²) in [5.41, 5.74) is 2.29. The van der Waals surface area contributed by atoms with E-state index in [0.717, 1.165) is 23.0 Å². The molecule has 0 aliphatic heterocycles. The van der Waals surface area contributed by atoms with Crippen LogP contribution in [0.3, 0.4) is 0 Å². The topological polar surface area (TPSA) is 76.1 Å². The highest BCUT2D eigenvalue weighted by atomic mass is 16.5. The van der Waals surface area contributed by atoms with Crippen molar-refractivity contribution in [3.05, 3.63) is 60.4 Å². The molecule has 2 heterocycles. The third-order valence-electron chi connectivity index (χ3n) is 3.73. The first-order valence-electron chi connectivity index (χ1n) is 8.12. The van der Waals surface area contributed by atoms with Crippen LogP contribution in [0.5, 0.6) is 0 Å². The van der Waals surface area contributed by atoms with Crippen molar-refractivity contribution in [1.29, 1.82) is 0 Å². The Bertz CT molecular complexity index is 844. The number of ether oxygens (including phenoxy) is 1. The van der Waals surface area contributed by atoms with Crippen LogP contribution in [0.4, 0.5) is 11.5 Å². The zero-order valence-corrected chi connectivity index (χ0v) is 14.0. The number of para-hydroxylation sites is 1. The molecule has 1 amide bonds. The molecule has 6 nitrogen and oxygen atoms in total. The number of carbonyl (C=O) groups is 1. The summed E-state index contributed by atoms with van der Waals surface area (Å²) >= 11 is 0. The minimum Gasteiger partial charge on any atom is -0.385 e. The molecule has 0 spiro atoms. The van der Waals surface area contributed by atoms with Gasteiger partial charge in [-0.25, -0.2) is 4.98 Å². The first kappa shape index (κ1) is 16.9. The van der Waals surface area contributed by atoms with Crippen LogP contribution in [0.1, 0.15) is 16.8 Å². The average molecular weight is 336 g/mol. The number of carbonyl (C=O) groups excluding carboxylic acids is 1. The first-order valence-corrected chi connectivity index (χ1v) is 8.12. The van der Waals surface area contributed by atoms with Crippen LogP contribution < -0.4 is 10.6 Å². The monoisotopic (exact) mass is 336 g/mol. The molecule has 3 aromatic rings. The Morgan fingerprint density at radius 2 is 2.00 bits per heavy atom. The molecule has 0 aliphatic rings. The summed E-state index contributed by atoms with van der Waals surface area (Å²) < 4.78 is 4.96. The highest BCUT2D eigenvalue weighted by molar-refractivity contribution is 5.94. The van der Waals surface area contributed by atoms with Crippen molar-refractivity contribution in [2.24, 2.45) is 0 Å². The van der Waals surface area contributed by atoms with Crippen LogP contribution in [0, 0.1) is 0 Å². The van der Waals surface area contributed by atoms with Crippen molar-refractivity contribution in [2.45, 2.75) is 6.42 Å². The minimum atomic E-state index is -0.137. The summed E-state index contributed by atoms with van der Waals surface area (Å²) in [5, 5.41) is 7.14. The molecule has 0 radical (unpaired) electrons. The second-order valence-corrected chi connectivity index (χ2v) is 5.54. The lowest BCUT2D eigenvalue weighted by molar-refractivity contribution is 0.0948. The van der Waals surface area contributed by atoms with E-state index >= 15 is 0 Å². The number of hydrogen-bond acceptors (Lipinski definition) is 5. The van der Waals surface area contributed by atoms with Gasteiger partial charge in [0.05, 0.1) is 16.8 Å². The smallest absolute Gasteiger partial charge is 0.252 e. The van der Waals surface area contributed by atoms with Gasteiger partial charge in [-0.2, -0.15) is 0 Å². The van der Waals surface area contributed by atoms with Crippen LogP contribution in [-0.4, -0.2) is 36.1 Å². The van der Waals surface area contributed by atoms with E-state index in [1.807, 2.05) is 30.3 Å². The van der Waals surface area contributed by atoms with Gasteiger partial charge in [-0.1, -0.05) is 18.2 Å². The van der Waals surface area contributed by atoms with E-state index in [4.69, 9.17) is 4.74 Å². The summed E-state index contributed by atoms with van der Waals surface area (Å²) in [5.74, 6) is 0.524. The van der Waals surface area contributed by atoms with Gasteiger partial charge in [0.25, 0.3) is 5.91 Å². The molecule has 1 aromatic carbocycles. The molecule has 0 saturated heterocycles. The minimum absolute atomic E-state index is 0.137. The van der Waals surface area contributed by atoms with Gasteiger partial charge in [-0.05, 0) is 30.7 Å². The summed E-state index contributed by atoms with van der Waals surface area (Å²) in [4.78, 5) is 20.8. The third-order valence-corrected chi connectivity index (χ3v) is 3.73. The normalized spacial score (nSPS) is 10.6. The second kappa shape index (κ2) is 8.21. The SMILES string of the molecule is COCCCNC(=O)c1ccc(Nc2cccc3cccnc23)nc1. The molecule has 2 N–H and O–H groups in total. The number of amides is 1. The summed E-state index contributed by atoms with van der Waals surface area (Å²) in [6.07, 6.45) is 4.11. The van der Waals surface area contributed by atoms with Crippen LogP contribution in [-0.2, 0) is 4.74 Å². The number of nitrogens with one attached hydrogen (secondary N) is 2. The van der Waals surface area contributed by atoms with E-state index in [1.165, 1.54) is 0 Å². The summed E-state index contributed by atoms with van der Waals surface area (Å²) in [6.45, 7) is 1.20. The van der Waals surface area contributed by atoms with Gasteiger partial charge in [-0.15, -0.1) is 0 Å². The molecule has 6 heteroatoms. The van der Waals surface area contributed by atoms with E-state index in [9.17, 15) is 4.79 Å². The van der Waals surface area contributed by atoms with Gasteiger partial charge >= 0.3 is 0 Å². The Kier molecular flexibility index (Phi) is 5.53. The Balaban J connectivity index is 1.67. The number of anilines is 2. The van der Waals surface area contributed by atoms with Gasteiger partial charge in [0.2, 0.25) is 0 Å². The highest BCUT2D eigenvalue weighted by Gasteiger charge is 2.07. The van der Waals surface area contributed by atoms with E-state index in [0.29, 0.717) is 24.5 Å². The van der Waals surface area contributed by atoms with Crippen LogP contribution in [0.15, 0.2) is 54.9 Å². The molecule has 0 atom stereocenters. The Morgan fingerprint density at radius 3 is 2.80 bits per heavy atom. The van der Waals surface area contributed by atoms with Crippen LogP contribution >= 0.6 is 0 Å². The standard InChI is InChI=1S/C19H20N4O2/c1-25-12-4-11-21-19(24)15-8-9-17(22-13-15)23-16-7-2-5-14-6-3-10-20-18(14)16/h2-3,5-10,13H,4,11-12H2,1H3,(H,21,24)(H,22,23). The van der Waals surface area contributed by atoms with E-state index in [2.05, 4.69) is 20.6 Å². The van der Waals surface area contributed by atoms with Gasteiger partial charge in [0.1, 0.15) is 5.82 Å². The Labute approximate surface area is 146 Å². The maximum Gasteiger partial charge on any atom is 0.252 e. The van der Waals surface area contributed by atoms with Crippen molar-refractivity contribution in [2.75, 3.05) is 25.6 Å². The van der Waals surface area contributed by atoms with Gasteiger partial charge in [0, 0.05) is 38.0 Å². The fraction of sp³-hybridized carbons (Fsp3) is 0.211. The number of aromatic nitrogens is 2. The third kappa shape index (κ3) is 4.30. The lowest BCUT2D eigenvalue weighted by atomic mass is 10.2. The molecular formula is C19H20N4O2. The highest BCUT2D eigenvalue weighted by Crippen LogP contribution is 2.23. The number of methoxy groups -OCH3 is 1. The van der Waals surface area contributed by atoms with Crippen LogP contribution in [0.2, 0.25) is 0 Å². The van der Waals surface area contributed by atoms with Gasteiger partial charge in [-0.3, -0.25) is 9.78 Å². The lowest BCUT2D eigenvalue weighted by Crippen LogP contribution is -2.25. The van der Waals surface area contributed by atoms with Gasteiger partial charge < -0.3 is 15.4 Å². The van der Waals surface area contributed by atoms with E-state index in [-0.39, 0.29) is 5.91 Å². The number of fused-ring (bicyclic) bond motifs is 1. The fourth-order valence-corrected chi connectivity index (χ4v) is 2.47. The van der Waals surface area contributed by atoms with Crippen molar-refractivity contribution >= 4 is 28.3 Å². The molecule has 2 aromatic heterocycles. The molecular weight excluding hydrogens is 316 g/mol. The number of rotatable bonds is 7. The molecule has 0 aliphatic carbocycles. The maximum atomic E-state index is 12.0. The maximum absolute atomic E-state index is 12.0. The zero-order valence-electron chi connectivity index (χ0n) is 14.0. The zero-order chi connectivity index (χ0) is 17.5. The summed E-state index contributed by atoms with van der Waals surface area (Å²) in [6, 6.07) is 13.4. The predicted molar refractivity (Wildman–Crippen MR) is 98.1 cm³/mol. The van der Waals surface area contributed by atoms with Crippen molar-refractivity contribution in [3.8, 4) is 0 Å². The first-order chi connectivity index (χ1) is 12.3. The Hall–Kier alpha value is -2.99. The Morgan fingerprint density at radius 1 is 1.12 bits per heavy atom. The lowest BCUT2D eigenvalue weighted by Gasteiger charge is -2.09. The molecule has 0 unspecified atom stereocenters. The quantitative estimate of drug-likeness (QED) is 0.648. The van der Waals surface area contributed by atoms with E-state index < -0.39 is 0 Å². The van der Waals surface area contributed by atoms with E-state index in [1.54, 1.807) is 31.6 Å². The van der Waals surface area contributed by atoms with Crippen molar-refractivity contribution in [3.63, 3.8) is 0 Å². The average Bonchev–Trinajstić information content (AvgIpc) is 2.66.